The number of piperazine rings is 1. The third kappa shape index (κ3) is 3.43. The Morgan fingerprint density at radius 1 is 1.00 bits per heavy atom. The number of benzene rings is 1. The first-order valence-electron chi connectivity index (χ1n) is 10.3. The second kappa shape index (κ2) is 7.72. The summed E-state index contributed by atoms with van der Waals surface area (Å²) < 4.78 is 1.80. The second-order valence-electron chi connectivity index (χ2n) is 7.97. The van der Waals surface area contributed by atoms with Gasteiger partial charge in [0.25, 0.3) is 5.91 Å². The molecule has 5 rings (SSSR count). The third-order valence-corrected chi connectivity index (χ3v) is 7.14. The van der Waals surface area contributed by atoms with E-state index in [-0.39, 0.29) is 17.7 Å². The van der Waals surface area contributed by atoms with Crippen molar-refractivity contribution in [1.29, 1.82) is 0 Å². The van der Waals surface area contributed by atoms with Crippen molar-refractivity contribution in [3.63, 3.8) is 0 Å². The Balaban J connectivity index is 1.21. The van der Waals surface area contributed by atoms with Crippen molar-refractivity contribution in [2.24, 2.45) is 5.92 Å². The van der Waals surface area contributed by atoms with Gasteiger partial charge in [0.05, 0.1) is 23.1 Å². The molecular weight excluding hydrogens is 396 g/mol. The van der Waals surface area contributed by atoms with E-state index in [1.54, 1.807) is 22.2 Å². The van der Waals surface area contributed by atoms with Gasteiger partial charge in [-0.05, 0) is 36.9 Å². The predicted molar refractivity (Wildman–Crippen MR) is 116 cm³/mol. The molecule has 2 aromatic heterocycles. The summed E-state index contributed by atoms with van der Waals surface area (Å²) in [6, 6.07) is 14.0. The molecule has 2 aliphatic rings. The van der Waals surface area contributed by atoms with Gasteiger partial charge in [0.15, 0.2) is 0 Å². The maximum atomic E-state index is 13.1. The summed E-state index contributed by atoms with van der Waals surface area (Å²) in [5, 5.41) is 6.49. The van der Waals surface area contributed by atoms with Crippen molar-refractivity contribution < 1.29 is 9.59 Å². The van der Waals surface area contributed by atoms with Gasteiger partial charge in [-0.2, -0.15) is 5.10 Å². The number of hydrogen-bond donors (Lipinski definition) is 0. The zero-order valence-electron chi connectivity index (χ0n) is 16.9. The van der Waals surface area contributed by atoms with E-state index >= 15 is 0 Å². The standard InChI is InChI=1S/C23H24N4O2S/c1-16-20(15-24-27(16)17-6-3-2-4-7-17)23(29)26-11-9-25(10-12-26)22(28)19-14-18(19)21-8-5-13-30-21/h2-8,13,15,18-19H,9-12,14H2,1H3/t18-,19-/m0/s1. The molecule has 3 heterocycles. The predicted octanol–water partition coefficient (Wildman–Crippen LogP) is 3.33. The fraction of sp³-hybridized carbons (Fsp3) is 0.348. The molecule has 2 atom stereocenters. The Bertz CT molecular complexity index is 1050. The summed E-state index contributed by atoms with van der Waals surface area (Å²) >= 11 is 1.73. The highest BCUT2D eigenvalue weighted by Gasteiger charge is 2.46. The van der Waals surface area contributed by atoms with Crippen LogP contribution in [0, 0.1) is 12.8 Å². The Hall–Kier alpha value is -2.93. The minimum Gasteiger partial charge on any atom is -0.339 e. The van der Waals surface area contributed by atoms with Crippen LogP contribution in [-0.2, 0) is 4.79 Å². The van der Waals surface area contributed by atoms with Gasteiger partial charge in [-0.15, -0.1) is 11.3 Å². The van der Waals surface area contributed by atoms with E-state index < -0.39 is 0 Å². The van der Waals surface area contributed by atoms with Gasteiger partial charge in [0.1, 0.15) is 0 Å². The first kappa shape index (κ1) is 19.1. The molecule has 3 aromatic rings. The van der Waals surface area contributed by atoms with Crippen LogP contribution in [0.2, 0.25) is 0 Å². The van der Waals surface area contributed by atoms with E-state index in [4.69, 9.17) is 0 Å². The molecule has 154 valence electrons. The fourth-order valence-electron chi connectivity index (χ4n) is 4.27. The Kier molecular flexibility index (Phi) is 4.90. The van der Waals surface area contributed by atoms with Gasteiger partial charge in [-0.25, -0.2) is 4.68 Å². The van der Waals surface area contributed by atoms with Gasteiger partial charge in [-0.1, -0.05) is 24.3 Å². The molecule has 0 spiro atoms. The average Bonchev–Trinajstić information content (AvgIpc) is 3.20. The van der Waals surface area contributed by atoms with Crippen LogP contribution in [-0.4, -0.2) is 57.6 Å². The number of thiophene rings is 1. The molecule has 7 heteroatoms. The molecule has 6 nitrogen and oxygen atoms in total. The third-order valence-electron chi connectivity index (χ3n) is 6.14. The monoisotopic (exact) mass is 420 g/mol. The number of carbonyl (C=O) groups excluding carboxylic acids is 2. The molecule has 1 saturated heterocycles. The number of para-hydroxylation sites is 1. The highest BCUT2D eigenvalue weighted by Crippen LogP contribution is 2.50. The van der Waals surface area contributed by atoms with Crippen LogP contribution in [0.3, 0.4) is 0 Å². The molecule has 0 unspecified atom stereocenters. The highest BCUT2D eigenvalue weighted by atomic mass is 32.1. The summed E-state index contributed by atoms with van der Waals surface area (Å²) in [6.07, 6.45) is 2.61. The number of aromatic nitrogens is 2. The van der Waals surface area contributed by atoms with Gasteiger partial charge in [0, 0.05) is 42.9 Å². The van der Waals surface area contributed by atoms with Crippen molar-refractivity contribution in [2.45, 2.75) is 19.3 Å². The number of carbonyl (C=O) groups is 2. The molecule has 30 heavy (non-hydrogen) atoms. The molecule has 1 aliphatic heterocycles. The van der Waals surface area contributed by atoms with E-state index in [1.165, 1.54) is 4.88 Å². The van der Waals surface area contributed by atoms with E-state index in [9.17, 15) is 9.59 Å². The molecule has 0 bridgehead atoms. The molecule has 2 fully saturated rings. The largest absolute Gasteiger partial charge is 0.339 e. The van der Waals surface area contributed by atoms with Crippen molar-refractivity contribution >= 4 is 23.2 Å². The second-order valence-corrected chi connectivity index (χ2v) is 8.95. The lowest BCUT2D eigenvalue weighted by molar-refractivity contribution is -0.134. The SMILES string of the molecule is Cc1c(C(=O)N2CCN(C(=O)[C@H]3C[C@@H]3c3cccs3)CC2)cnn1-c1ccccc1. The fourth-order valence-corrected chi connectivity index (χ4v) is 5.18. The summed E-state index contributed by atoms with van der Waals surface area (Å²) in [6.45, 7) is 4.26. The minimum atomic E-state index is -0.00957. The number of rotatable bonds is 4. The summed E-state index contributed by atoms with van der Waals surface area (Å²) in [5.74, 6) is 0.749. The van der Waals surface area contributed by atoms with Gasteiger partial charge in [-0.3, -0.25) is 9.59 Å². The van der Waals surface area contributed by atoms with E-state index in [0.29, 0.717) is 37.7 Å². The molecule has 1 aromatic carbocycles. The molecule has 2 amide bonds. The Labute approximate surface area is 179 Å². The normalized spacial score (nSPS) is 21.0. The highest BCUT2D eigenvalue weighted by molar-refractivity contribution is 7.10. The first-order valence-corrected chi connectivity index (χ1v) is 11.2. The Morgan fingerprint density at radius 3 is 2.43 bits per heavy atom. The van der Waals surface area contributed by atoms with Crippen molar-refractivity contribution in [3.8, 4) is 5.69 Å². The van der Waals surface area contributed by atoms with Crippen LogP contribution in [0.25, 0.3) is 5.69 Å². The van der Waals surface area contributed by atoms with Gasteiger partial charge >= 0.3 is 0 Å². The molecule has 1 saturated carbocycles. The maximum absolute atomic E-state index is 13.1. The minimum absolute atomic E-state index is 0.00957. The number of hydrogen-bond acceptors (Lipinski definition) is 4. The van der Waals surface area contributed by atoms with E-state index in [0.717, 1.165) is 17.8 Å². The zero-order chi connectivity index (χ0) is 20.7. The lowest BCUT2D eigenvalue weighted by Crippen LogP contribution is -2.51. The van der Waals surface area contributed by atoms with Crippen LogP contribution >= 0.6 is 11.3 Å². The zero-order valence-corrected chi connectivity index (χ0v) is 17.7. The molecule has 1 aliphatic carbocycles. The first-order chi connectivity index (χ1) is 14.6. The van der Waals surface area contributed by atoms with E-state index in [1.807, 2.05) is 53.1 Å². The summed E-state index contributed by atoms with van der Waals surface area (Å²) in [5.41, 5.74) is 2.40. The van der Waals surface area contributed by atoms with Crippen LogP contribution < -0.4 is 0 Å². The lowest BCUT2D eigenvalue weighted by Gasteiger charge is -2.35. The van der Waals surface area contributed by atoms with Crippen LogP contribution in [0.1, 0.15) is 33.3 Å². The smallest absolute Gasteiger partial charge is 0.257 e. The van der Waals surface area contributed by atoms with Crippen molar-refractivity contribution in [3.05, 3.63) is 70.2 Å². The topological polar surface area (TPSA) is 58.4 Å². The quantitative estimate of drug-likeness (QED) is 0.651. The van der Waals surface area contributed by atoms with Crippen molar-refractivity contribution in [1.82, 2.24) is 19.6 Å². The van der Waals surface area contributed by atoms with Crippen LogP contribution in [0.4, 0.5) is 0 Å². The molecule has 0 N–H and O–H groups in total. The van der Waals surface area contributed by atoms with Gasteiger partial charge in [0.2, 0.25) is 5.91 Å². The summed E-state index contributed by atoms with van der Waals surface area (Å²) in [7, 11) is 0. The van der Waals surface area contributed by atoms with E-state index in [2.05, 4.69) is 16.5 Å². The maximum Gasteiger partial charge on any atom is 0.257 e. The number of nitrogens with zero attached hydrogens (tertiary/aromatic N) is 4. The molecular formula is C23H24N4O2S. The van der Waals surface area contributed by atoms with Crippen molar-refractivity contribution in [2.75, 3.05) is 26.2 Å². The molecule has 0 radical (unpaired) electrons. The summed E-state index contributed by atoms with van der Waals surface area (Å²) in [4.78, 5) is 31.0. The Morgan fingerprint density at radius 2 is 1.73 bits per heavy atom. The average molecular weight is 421 g/mol. The number of amides is 2. The van der Waals surface area contributed by atoms with Gasteiger partial charge < -0.3 is 9.80 Å². The lowest BCUT2D eigenvalue weighted by atomic mass is 10.2. The van der Waals surface area contributed by atoms with Crippen LogP contribution in [0.5, 0.6) is 0 Å². The van der Waals surface area contributed by atoms with Crippen LogP contribution in [0.15, 0.2) is 54.0 Å².